The second kappa shape index (κ2) is 7.87. The van der Waals surface area contributed by atoms with Crippen molar-refractivity contribution in [2.24, 2.45) is 0 Å². The van der Waals surface area contributed by atoms with Gasteiger partial charge in [-0.1, -0.05) is 0 Å². The number of anilines is 2. The number of carbonyl (C=O) groups is 3. The summed E-state index contributed by atoms with van der Waals surface area (Å²) < 4.78 is 13.9. The molecule has 150 valence electrons. The van der Waals surface area contributed by atoms with Crippen LogP contribution in [0.2, 0.25) is 0 Å². The molecule has 0 radical (unpaired) electrons. The van der Waals surface area contributed by atoms with Crippen LogP contribution in [0.3, 0.4) is 0 Å². The van der Waals surface area contributed by atoms with E-state index >= 15 is 0 Å². The molecule has 0 aromatic heterocycles. The molecule has 2 heterocycles. The van der Waals surface area contributed by atoms with E-state index in [1.54, 1.807) is 23.9 Å². The highest BCUT2D eigenvalue weighted by Gasteiger charge is 2.42. The van der Waals surface area contributed by atoms with E-state index in [0.717, 1.165) is 17.4 Å². The molecule has 1 atom stereocenters. The van der Waals surface area contributed by atoms with E-state index in [4.69, 9.17) is 0 Å². The van der Waals surface area contributed by atoms with Crippen LogP contribution < -0.4 is 10.2 Å². The molecule has 1 unspecified atom stereocenters. The Morgan fingerprint density at radius 1 is 1.21 bits per heavy atom. The lowest BCUT2D eigenvalue weighted by atomic mass is 10.1. The zero-order chi connectivity index (χ0) is 20.5. The molecule has 1 N–H and O–H groups in total. The fraction of sp³-hybridized carbons (Fsp3) is 0.286. The summed E-state index contributed by atoms with van der Waals surface area (Å²) in [7, 11) is 0. The van der Waals surface area contributed by atoms with Gasteiger partial charge in [0.15, 0.2) is 0 Å². The number of rotatable bonds is 4. The number of fused-ring (bicyclic) bond motifs is 2. The van der Waals surface area contributed by atoms with Crippen LogP contribution in [0.1, 0.15) is 23.2 Å². The maximum absolute atomic E-state index is 13.9. The lowest BCUT2D eigenvalue weighted by Gasteiger charge is -2.25. The van der Waals surface area contributed by atoms with Crippen LogP contribution in [-0.2, 0) is 9.59 Å². The van der Waals surface area contributed by atoms with Gasteiger partial charge in [0.1, 0.15) is 18.4 Å². The van der Waals surface area contributed by atoms with Gasteiger partial charge < -0.3 is 15.1 Å². The van der Waals surface area contributed by atoms with Crippen molar-refractivity contribution in [3.8, 4) is 0 Å². The lowest BCUT2D eigenvalue weighted by Crippen LogP contribution is -2.47. The minimum atomic E-state index is -0.619. The first-order valence-corrected chi connectivity index (χ1v) is 10.6. The number of benzene rings is 2. The van der Waals surface area contributed by atoms with Crippen LogP contribution in [0.15, 0.2) is 47.4 Å². The molecular weight excluding hydrogens is 393 g/mol. The molecule has 3 amide bonds. The monoisotopic (exact) mass is 413 g/mol. The highest BCUT2D eigenvalue weighted by Crippen LogP contribution is 2.33. The Morgan fingerprint density at radius 3 is 2.69 bits per heavy atom. The van der Waals surface area contributed by atoms with Crippen LogP contribution in [0.4, 0.5) is 15.8 Å². The van der Waals surface area contributed by atoms with Crippen molar-refractivity contribution in [3.63, 3.8) is 0 Å². The normalized spacial score (nSPS) is 18.3. The number of halogens is 1. The van der Waals surface area contributed by atoms with Gasteiger partial charge in [0.2, 0.25) is 11.8 Å². The SMILES string of the molecule is CSc1ccc(NC(=O)CN2C(=O)C3CCCN3C(=O)c3ccc(F)cc32)cc1. The summed E-state index contributed by atoms with van der Waals surface area (Å²) in [6.45, 7) is 0.186. The molecule has 4 rings (SSSR count). The van der Waals surface area contributed by atoms with Crippen LogP contribution in [0.25, 0.3) is 0 Å². The van der Waals surface area contributed by atoms with Gasteiger partial charge >= 0.3 is 0 Å². The van der Waals surface area contributed by atoms with Gasteiger partial charge in [-0.05, 0) is 61.6 Å². The second-order valence-corrected chi connectivity index (χ2v) is 7.90. The Balaban J connectivity index is 1.62. The Kier molecular flexibility index (Phi) is 5.27. The number of hydrogen-bond donors (Lipinski definition) is 1. The number of thioether (sulfide) groups is 1. The number of carbonyl (C=O) groups excluding carboxylic acids is 3. The highest BCUT2D eigenvalue weighted by molar-refractivity contribution is 7.98. The van der Waals surface area contributed by atoms with Crippen molar-refractivity contribution >= 4 is 40.9 Å². The van der Waals surface area contributed by atoms with E-state index in [0.29, 0.717) is 18.7 Å². The van der Waals surface area contributed by atoms with Gasteiger partial charge in [0.25, 0.3) is 5.91 Å². The molecule has 0 aliphatic carbocycles. The molecule has 8 heteroatoms. The van der Waals surface area contributed by atoms with E-state index in [1.165, 1.54) is 21.9 Å². The Hall–Kier alpha value is -2.87. The van der Waals surface area contributed by atoms with Gasteiger partial charge in [0, 0.05) is 17.1 Å². The maximum atomic E-state index is 13.9. The summed E-state index contributed by atoms with van der Waals surface area (Å²) >= 11 is 1.59. The number of nitrogens with one attached hydrogen (secondary N) is 1. The Bertz CT molecular complexity index is 980. The first-order chi connectivity index (χ1) is 14.0. The molecule has 29 heavy (non-hydrogen) atoms. The first-order valence-electron chi connectivity index (χ1n) is 9.34. The molecule has 1 fully saturated rings. The van der Waals surface area contributed by atoms with Crippen molar-refractivity contribution in [1.29, 1.82) is 0 Å². The molecule has 0 saturated carbocycles. The second-order valence-electron chi connectivity index (χ2n) is 7.02. The van der Waals surface area contributed by atoms with Crippen LogP contribution in [0.5, 0.6) is 0 Å². The molecule has 0 bridgehead atoms. The van der Waals surface area contributed by atoms with Crippen LogP contribution >= 0.6 is 11.8 Å². The fourth-order valence-corrected chi connectivity index (χ4v) is 4.22. The smallest absolute Gasteiger partial charge is 0.256 e. The third-order valence-electron chi connectivity index (χ3n) is 5.22. The predicted octanol–water partition coefficient (Wildman–Crippen LogP) is 3.14. The van der Waals surface area contributed by atoms with Gasteiger partial charge in [-0.2, -0.15) is 0 Å². The minimum Gasteiger partial charge on any atom is -0.327 e. The predicted molar refractivity (Wildman–Crippen MR) is 110 cm³/mol. The Morgan fingerprint density at radius 2 is 1.97 bits per heavy atom. The maximum Gasteiger partial charge on any atom is 0.256 e. The van der Waals surface area contributed by atoms with E-state index in [2.05, 4.69) is 5.32 Å². The first kappa shape index (κ1) is 19.4. The summed E-state index contributed by atoms with van der Waals surface area (Å²) in [5, 5.41) is 2.76. The van der Waals surface area contributed by atoms with Gasteiger partial charge in [-0.15, -0.1) is 11.8 Å². The molecule has 6 nitrogen and oxygen atoms in total. The molecule has 0 spiro atoms. The number of amides is 3. The number of hydrogen-bond acceptors (Lipinski definition) is 4. The average molecular weight is 413 g/mol. The van der Waals surface area contributed by atoms with Gasteiger partial charge in [-0.25, -0.2) is 4.39 Å². The lowest BCUT2D eigenvalue weighted by molar-refractivity contribution is -0.124. The van der Waals surface area contributed by atoms with Crippen molar-refractivity contribution in [1.82, 2.24) is 4.90 Å². The van der Waals surface area contributed by atoms with E-state index in [9.17, 15) is 18.8 Å². The zero-order valence-corrected chi connectivity index (χ0v) is 16.7. The third-order valence-corrected chi connectivity index (χ3v) is 5.96. The summed E-state index contributed by atoms with van der Waals surface area (Å²) in [5.74, 6) is -1.63. The molecule has 2 aliphatic rings. The van der Waals surface area contributed by atoms with Crippen molar-refractivity contribution < 1.29 is 18.8 Å². The molecule has 2 aliphatic heterocycles. The van der Waals surface area contributed by atoms with Gasteiger partial charge in [-0.3, -0.25) is 14.4 Å². The topological polar surface area (TPSA) is 69.7 Å². The van der Waals surface area contributed by atoms with Crippen LogP contribution in [0, 0.1) is 5.82 Å². The van der Waals surface area contributed by atoms with Crippen molar-refractivity contribution in [2.45, 2.75) is 23.8 Å². The molecule has 2 aromatic carbocycles. The zero-order valence-electron chi connectivity index (χ0n) is 15.9. The van der Waals surface area contributed by atoms with E-state index in [-0.39, 0.29) is 29.6 Å². The molecule has 1 saturated heterocycles. The Labute approximate surface area is 172 Å². The van der Waals surface area contributed by atoms with E-state index in [1.807, 2.05) is 18.4 Å². The molecule has 2 aromatic rings. The number of nitrogens with zero attached hydrogens (tertiary/aromatic N) is 2. The standard InChI is InChI=1S/C21H20FN3O3S/c1-29-15-7-5-14(6-8-15)23-19(26)12-25-18-11-13(22)4-9-16(18)20(27)24-10-2-3-17(24)21(25)28/h4-9,11,17H,2-3,10,12H2,1H3,(H,23,26). The third kappa shape index (κ3) is 3.72. The molecular formula is C21H20FN3O3S. The summed E-state index contributed by atoms with van der Waals surface area (Å²) in [6, 6.07) is 10.4. The highest BCUT2D eigenvalue weighted by atomic mass is 32.2. The fourth-order valence-electron chi connectivity index (χ4n) is 3.81. The summed E-state index contributed by atoms with van der Waals surface area (Å²) in [4.78, 5) is 42.5. The average Bonchev–Trinajstić information content (AvgIpc) is 3.19. The largest absolute Gasteiger partial charge is 0.327 e. The van der Waals surface area contributed by atoms with Crippen molar-refractivity contribution in [2.75, 3.05) is 29.6 Å². The minimum absolute atomic E-state index is 0.141. The summed E-state index contributed by atoms with van der Waals surface area (Å²) in [5.41, 5.74) is 0.983. The van der Waals surface area contributed by atoms with Crippen molar-refractivity contribution in [3.05, 3.63) is 53.8 Å². The summed E-state index contributed by atoms with van der Waals surface area (Å²) in [6.07, 6.45) is 3.22. The van der Waals surface area contributed by atoms with Crippen LogP contribution in [-0.4, -0.2) is 48.0 Å². The quantitative estimate of drug-likeness (QED) is 0.782. The van der Waals surface area contributed by atoms with E-state index < -0.39 is 17.8 Å². The van der Waals surface area contributed by atoms with Gasteiger partial charge in [0.05, 0.1) is 11.3 Å².